The van der Waals surface area contributed by atoms with Crippen LogP contribution in [0.15, 0.2) is 53.1 Å². The van der Waals surface area contributed by atoms with Gasteiger partial charge in [-0.2, -0.15) is 18.2 Å². The van der Waals surface area contributed by atoms with Gasteiger partial charge in [0.2, 0.25) is 5.82 Å². The average Bonchev–Trinajstić information content (AvgIpc) is 3.08. The fourth-order valence-corrected chi connectivity index (χ4v) is 2.34. The van der Waals surface area contributed by atoms with Gasteiger partial charge < -0.3 is 9.26 Å². The van der Waals surface area contributed by atoms with Gasteiger partial charge in [-0.25, -0.2) is 0 Å². The van der Waals surface area contributed by atoms with Crippen molar-refractivity contribution < 1.29 is 22.4 Å². The van der Waals surface area contributed by atoms with E-state index in [0.29, 0.717) is 23.1 Å². The predicted octanol–water partition coefficient (Wildman–Crippen LogP) is 5.46. The Balaban J connectivity index is 1.67. The summed E-state index contributed by atoms with van der Waals surface area (Å²) in [5, 5.41) is 3.80. The van der Waals surface area contributed by atoms with Crippen LogP contribution < -0.4 is 4.74 Å². The van der Waals surface area contributed by atoms with Crippen molar-refractivity contribution >= 4 is 0 Å². The van der Waals surface area contributed by atoms with Crippen molar-refractivity contribution in [2.45, 2.75) is 32.5 Å². The van der Waals surface area contributed by atoms with E-state index in [2.05, 4.69) is 24.0 Å². The summed E-state index contributed by atoms with van der Waals surface area (Å²) >= 11 is 0. The molecule has 1 aromatic heterocycles. The molecule has 0 aliphatic rings. The average molecular weight is 362 g/mol. The van der Waals surface area contributed by atoms with Crippen LogP contribution in [0.4, 0.5) is 13.2 Å². The molecule has 0 N–H and O–H groups in total. The van der Waals surface area contributed by atoms with Crippen molar-refractivity contribution in [2.24, 2.45) is 0 Å². The number of rotatable bonds is 5. The van der Waals surface area contributed by atoms with Crippen molar-refractivity contribution in [1.29, 1.82) is 0 Å². The molecule has 0 spiro atoms. The van der Waals surface area contributed by atoms with E-state index in [4.69, 9.17) is 9.26 Å². The molecule has 0 unspecified atom stereocenters. The largest absolute Gasteiger partial charge is 0.485 e. The van der Waals surface area contributed by atoms with Gasteiger partial charge in [0.1, 0.15) is 5.75 Å². The monoisotopic (exact) mass is 362 g/mol. The second kappa shape index (κ2) is 7.19. The van der Waals surface area contributed by atoms with Gasteiger partial charge in [-0.15, -0.1) is 0 Å². The van der Waals surface area contributed by atoms with Crippen LogP contribution in [-0.4, -0.2) is 10.1 Å². The molecule has 2 aromatic carbocycles. The van der Waals surface area contributed by atoms with Gasteiger partial charge in [-0.1, -0.05) is 31.1 Å². The van der Waals surface area contributed by atoms with Crippen LogP contribution in [-0.2, 0) is 12.8 Å². The lowest BCUT2D eigenvalue weighted by molar-refractivity contribution is -0.137. The molecule has 3 rings (SSSR count). The highest BCUT2D eigenvalue weighted by Gasteiger charge is 2.30. The Morgan fingerprint density at radius 2 is 1.81 bits per heavy atom. The molecule has 0 aliphatic carbocycles. The Kier molecular flexibility index (Phi) is 4.97. The lowest BCUT2D eigenvalue weighted by Gasteiger charge is -2.08. The Bertz CT molecular complexity index is 871. The molecule has 0 amide bonds. The van der Waals surface area contributed by atoms with Gasteiger partial charge in [0.25, 0.3) is 5.89 Å². The number of hydrogen-bond acceptors (Lipinski definition) is 4. The molecule has 0 fully saturated rings. The first kappa shape index (κ1) is 18.0. The molecule has 1 heterocycles. The van der Waals surface area contributed by atoms with Crippen LogP contribution in [0.1, 0.15) is 36.7 Å². The molecule has 0 saturated heterocycles. The summed E-state index contributed by atoms with van der Waals surface area (Å²) < 4.78 is 48.6. The zero-order chi connectivity index (χ0) is 18.7. The molecule has 0 radical (unpaired) electrons. The second-order valence-corrected chi connectivity index (χ2v) is 6.11. The van der Waals surface area contributed by atoms with E-state index in [-0.39, 0.29) is 12.5 Å². The van der Waals surface area contributed by atoms with Crippen LogP contribution in [0.25, 0.3) is 11.5 Å². The first-order valence-corrected chi connectivity index (χ1v) is 8.06. The fourth-order valence-electron chi connectivity index (χ4n) is 2.34. The van der Waals surface area contributed by atoms with E-state index in [1.54, 1.807) is 0 Å². The minimum atomic E-state index is -4.38. The van der Waals surface area contributed by atoms with Gasteiger partial charge in [-0.3, -0.25) is 0 Å². The molecule has 136 valence electrons. The Labute approximate surface area is 148 Å². The predicted molar refractivity (Wildman–Crippen MR) is 89.6 cm³/mol. The summed E-state index contributed by atoms with van der Waals surface area (Å²) in [4.78, 5) is 4.16. The Hall–Kier alpha value is -2.83. The Morgan fingerprint density at radius 3 is 2.46 bits per heavy atom. The van der Waals surface area contributed by atoms with Crippen LogP contribution in [0, 0.1) is 0 Å². The normalized spacial score (nSPS) is 11.8. The van der Waals surface area contributed by atoms with E-state index in [9.17, 15) is 13.2 Å². The topological polar surface area (TPSA) is 48.2 Å². The molecule has 26 heavy (non-hydrogen) atoms. The fraction of sp³-hybridized carbons (Fsp3) is 0.263. The van der Waals surface area contributed by atoms with E-state index >= 15 is 0 Å². The maximum Gasteiger partial charge on any atom is 0.416 e. The standard InChI is InChI=1S/C19H17F3N2O2/c1-12(2)14-4-3-5-16(10-14)25-11-17-23-18(26-24-17)13-6-8-15(9-7-13)19(20,21)22/h3-10,12H,11H2,1-2H3. The number of benzene rings is 2. The highest BCUT2D eigenvalue weighted by Crippen LogP contribution is 2.30. The van der Waals surface area contributed by atoms with Crippen LogP contribution >= 0.6 is 0 Å². The third kappa shape index (κ3) is 4.22. The molecular weight excluding hydrogens is 345 g/mol. The third-order valence-electron chi connectivity index (χ3n) is 3.82. The number of nitrogens with zero attached hydrogens (tertiary/aromatic N) is 2. The molecule has 0 atom stereocenters. The molecular formula is C19H17F3N2O2. The molecule has 0 saturated carbocycles. The summed E-state index contributed by atoms with van der Waals surface area (Å²) in [7, 11) is 0. The van der Waals surface area contributed by atoms with Gasteiger partial charge in [0, 0.05) is 5.56 Å². The van der Waals surface area contributed by atoms with Crippen molar-refractivity contribution in [3.63, 3.8) is 0 Å². The summed E-state index contributed by atoms with van der Waals surface area (Å²) in [6, 6.07) is 12.3. The second-order valence-electron chi connectivity index (χ2n) is 6.11. The number of alkyl halides is 3. The summed E-state index contributed by atoms with van der Waals surface area (Å²) in [6.07, 6.45) is -4.38. The molecule has 7 heteroatoms. The maximum absolute atomic E-state index is 12.6. The van der Waals surface area contributed by atoms with Gasteiger partial charge in [-0.05, 0) is 47.9 Å². The molecule has 4 nitrogen and oxygen atoms in total. The Morgan fingerprint density at radius 1 is 1.08 bits per heavy atom. The van der Waals surface area contributed by atoms with Crippen LogP contribution in [0.2, 0.25) is 0 Å². The zero-order valence-electron chi connectivity index (χ0n) is 14.2. The summed E-state index contributed by atoms with van der Waals surface area (Å²) in [5.74, 6) is 1.54. The number of ether oxygens (including phenoxy) is 1. The van der Waals surface area contributed by atoms with E-state index < -0.39 is 11.7 Å². The molecule has 0 bridgehead atoms. The van der Waals surface area contributed by atoms with Crippen LogP contribution in [0.3, 0.4) is 0 Å². The zero-order valence-corrected chi connectivity index (χ0v) is 14.2. The number of aromatic nitrogens is 2. The van der Waals surface area contributed by atoms with Gasteiger partial charge >= 0.3 is 6.18 Å². The lowest BCUT2D eigenvalue weighted by Crippen LogP contribution is -2.04. The molecule has 3 aromatic rings. The number of halogens is 3. The first-order chi connectivity index (χ1) is 12.3. The highest BCUT2D eigenvalue weighted by atomic mass is 19.4. The van der Waals surface area contributed by atoms with Crippen molar-refractivity contribution in [1.82, 2.24) is 10.1 Å². The van der Waals surface area contributed by atoms with E-state index in [1.165, 1.54) is 12.1 Å². The third-order valence-corrected chi connectivity index (χ3v) is 3.82. The van der Waals surface area contributed by atoms with Crippen LogP contribution in [0.5, 0.6) is 5.75 Å². The van der Waals surface area contributed by atoms with Gasteiger partial charge in [0.05, 0.1) is 5.56 Å². The smallest absolute Gasteiger partial charge is 0.416 e. The SMILES string of the molecule is CC(C)c1cccc(OCc2noc(-c3ccc(C(F)(F)F)cc3)n2)c1. The van der Waals surface area contributed by atoms with Gasteiger partial charge in [0.15, 0.2) is 6.61 Å². The lowest BCUT2D eigenvalue weighted by atomic mass is 10.0. The maximum atomic E-state index is 12.6. The van der Waals surface area contributed by atoms with Crippen molar-refractivity contribution in [3.05, 3.63) is 65.5 Å². The first-order valence-electron chi connectivity index (χ1n) is 8.06. The molecule has 0 aliphatic heterocycles. The van der Waals surface area contributed by atoms with Crippen molar-refractivity contribution in [2.75, 3.05) is 0 Å². The quantitative estimate of drug-likeness (QED) is 0.605. The van der Waals surface area contributed by atoms with E-state index in [0.717, 1.165) is 17.7 Å². The summed E-state index contributed by atoms with van der Waals surface area (Å²) in [5.41, 5.74) is 0.842. The number of hydrogen-bond donors (Lipinski definition) is 0. The minimum Gasteiger partial charge on any atom is -0.485 e. The summed E-state index contributed by atoms with van der Waals surface area (Å²) in [6.45, 7) is 4.29. The van der Waals surface area contributed by atoms with E-state index in [1.807, 2.05) is 24.3 Å². The highest BCUT2D eigenvalue weighted by molar-refractivity contribution is 5.53. The minimum absolute atomic E-state index is 0.103. The van der Waals surface area contributed by atoms with Crippen molar-refractivity contribution in [3.8, 4) is 17.2 Å².